The van der Waals surface area contributed by atoms with Crippen LogP contribution in [-0.2, 0) is 29.1 Å². The van der Waals surface area contributed by atoms with Crippen molar-refractivity contribution in [3.63, 3.8) is 0 Å². The van der Waals surface area contributed by atoms with E-state index in [2.05, 4.69) is 35.1 Å². The number of benzene rings is 1. The van der Waals surface area contributed by atoms with Crippen LogP contribution in [0.15, 0.2) is 53.6 Å². The van der Waals surface area contributed by atoms with E-state index < -0.39 is 11.2 Å². The molecule has 0 spiro atoms. The normalized spacial score (nSPS) is 18.4. The lowest BCUT2D eigenvalue weighted by Crippen LogP contribution is -2.32. The summed E-state index contributed by atoms with van der Waals surface area (Å²) in [4.78, 5) is 19.9. The molecule has 2 aromatic rings. The lowest BCUT2D eigenvalue weighted by atomic mass is 10.1. The zero-order valence-electron chi connectivity index (χ0n) is 16.6. The van der Waals surface area contributed by atoms with Crippen LogP contribution in [0.3, 0.4) is 0 Å². The molecule has 1 aromatic heterocycles. The maximum Gasteiger partial charge on any atom is 0.224 e. The van der Waals surface area contributed by atoms with Gasteiger partial charge >= 0.3 is 0 Å². The fraction of sp³-hybridized carbons (Fsp3) is 0.455. The van der Waals surface area contributed by atoms with Crippen molar-refractivity contribution in [3.05, 3.63) is 59.9 Å². The van der Waals surface area contributed by atoms with Gasteiger partial charge in [0.1, 0.15) is 5.75 Å². The summed E-state index contributed by atoms with van der Waals surface area (Å²) in [6.45, 7) is 7.10. The van der Waals surface area contributed by atoms with Gasteiger partial charge < -0.3 is 9.87 Å². The van der Waals surface area contributed by atoms with E-state index in [0.29, 0.717) is 18.2 Å². The van der Waals surface area contributed by atoms with Gasteiger partial charge in [0.05, 0.1) is 18.2 Å². The average molecular weight is 400 g/mol. The third-order valence-corrected chi connectivity index (χ3v) is 6.61. The Kier molecular flexibility index (Phi) is 7.48. The quantitative estimate of drug-likeness (QED) is 0.693. The molecule has 1 aliphatic heterocycles. The van der Waals surface area contributed by atoms with Crippen LogP contribution < -0.4 is 5.32 Å². The summed E-state index contributed by atoms with van der Waals surface area (Å²) in [7, 11) is 0. The fourth-order valence-corrected chi connectivity index (χ4v) is 4.77. The number of hydrogen-bond donors (Lipinski definition) is 1. The number of nitrogens with zero attached hydrogens (tertiary/aromatic N) is 2. The highest BCUT2D eigenvalue weighted by atomic mass is 32.2. The zero-order valence-corrected chi connectivity index (χ0v) is 17.5. The molecule has 2 heterocycles. The number of carbonyl (C=O) groups is 1. The summed E-state index contributed by atoms with van der Waals surface area (Å²) in [6.07, 6.45) is 2.61. The first kappa shape index (κ1) is 20.8. The Morgan fingerprint density at radius 3 is 2.93 bits per heavy atom. The van der Waals surface area contributed by atoms with Crippen molar-refractivity contribution in [2.45, 2.75) is 38.3 Å². The van der Waals surface area contributed by atoms with Crippen molar-refractivity contribution >= 4 is 17.1 Å². The lowest BCUT2D eigenvalue weighted by Gasteiger charge is -2.17. The number of pyridine rings is 1. The fourth-order valence-electron chi connectivity index (χ4n) is 3.46. The average Bonchev–Trinajstić information content (AvgIpc) is 3.15. The second-order valence-electron chi connectivity index (χ2n) is 7.81. The number of nitrogens with one attached hydrogen (secondary N) is 1. The molecule has 5 nitrogen and oxygen atoms in total. The van der Waals surface area contributed by atoms with Gasteiger partial charge in [-0.05, 0) is 59.9 Å². The Balaban J connectivity index is 1.49. The van der Waals surface area contributed by atoms with Crippen LogP contribution >= 0.6 is 0 Å². The molecular weight excluding hydrogens is 370 g/mol. The largest absolute Gasteiger partial charge is 0.611 e. The third-order valence-electron chi connectivity index (χ3n) is 4.87. The van der Waals surface area contributed by atoms with E-state index in [4.69, 9.17) is 0 Å². The minimum atomic E-state index is -0.951. The maximum atomic E-state index is 12.5. The van der Waals surface area contributed by atoms with E-state index >= 15 is 0 Å². The number of carbonyl (C=O) groups excluding carboxylic acids is 1. The highest BCUT2D eigenvalue weighted by Gasteiger charge is 2.28. The molecule has 1 aromatic carbocycles. The molecule has 1 aliphatic rings. The molecule has 1 fully saturated rings. The van der Waals surface area contributed by atoms with Crippen molar-refractivity contribution < 1.29 is 9.35 Å². The van der Waals surface area contributed by atoms with Crippen LogP contribution in [0.5, 0.6) is 0 Å². The molecule has 0 saturated carbocycles. The van der Waals surface area contributed by atoms with Gasteiger partial charge in [-0.15, -0.1) is 0 Å². The Labute approximate surface area is 170 Å². The molecule has 0 radical (unpaired) electrons. The van der Waals surface area contributed by atoms with E-state index in [9.17, 15) is 9.35 Å². The highest BCUT2D eigenvalue weighted by molar-refractivity contribution is 7.91. The molecule has 1 amide bonds. The molecule has 28 heavy (non-hydrogen) atoms. The Bertz CT molecular complexity index is 769. The van der Waals surface area contributed by atoms with Crippen LogP contribution in [0.2, 0.25) is 0 Å². The lowest BCUT2D eigenvalue weighted by molar-refractivity contribution is -0.124. The van der Waals surface area contributed by atoms with E-state index in [0.717, 1.165) is 42.2 Å². The van der Waals surface area contributed by atoms with Gasteiger partial charge in [-0.25, -0.2) is 0 Å². The minimum Gasteiger partial charge on any atom is -0.611 e. The first-order valence-corrected chi connectivity index (χ1v) is 11.2. The minimum absolute atomic E-state index is 0.0157. The van der Waals surface area contributed by atoms with Gasteiger partial charge in [-0.2, -0.15) is 0 Å². The van der Waals surface area contributed by atoms with Gasteiger partial charge in [-0.3, -0.25) is 14.7 Å². The van der Waals surface area contributed by atoms with E-state index in [1.807, 2.05) is 36.4 Å². The standard InChI is InChI=1S/C22H29N3O2S/c1-17(2)16-28(27)21-8-5-6-18(12-21)14-25-11-9-19(15-25)22(26)24-13-20-7-3-4-10-23-20/h3-8,10,12,17,19H,9,11,13-16H2,1-2H3,(H,24,26). The SMILES string of the molecule is CC(C)C[S+]([O-])c1cccc(CN2CCC(C(=O)NCc3ccccn3)C2)c1. The zero-order chi connectivity index (χ0) is 19.9. The van der Waals surface area contributed by atoms with Gasteiger partial charge in [0.25, 0.3) is 0 Å². The molecule has 2 atom stereocenters. The molecule has 2 unspecified atom stereocenters. The molecule has 6 heteroatoms. The molecular formula is C22H29N3O2S. The van der Waals surface area contributed by atoms with E-state index in [1.165, 1.54) is 0 Å². The third kappa shape index (κ3) is 6.06. The summed E-state index contributed by atoms with van der Waals surface area (Å²) in [5.74, 6) is 1.21. The van der Waals surface area contributed by atoms with Crippen molar-refractivity contribution in [3.8, 4) is 0 Å². The predicted molar refractivity (Wildman–Crippen MR) is 112 cm³/mol. The first-order chi connectivity index (χ1) is 13.5. The van der Waals surface area contributed by atoms with Gasteiger partial charge in [0, 0.05) is 19.3 Å². The summed E-state index contributed by atoms with van der Waals surface area (Å²) >= 11 is -0.951. The number of likely N-dealkylation sites (tertiary alicyclic amines) is 1. The highest BCUT2D eigenvalue weighted by Crippen LogP contribution is 2.21. The number of amides is 1. The monoisotopic (exact) mass is 399 g/mol. The molecule has 1 N–H and O–H groups in total. The van der Waals surface area contributed by atoms with Crippen molar-refractivity contribution in [1.29, 1.82) is 0 Å². The maximum absolute atomic E-state index is 12.5. The summed E-state index contributed by atoms with van der Waals surface area (Å²) in [5.41, 5.74) is 2.03. The van der Waals surface area contributed by atoms with Crippen molar-refractivity contribution in [2.75, 3.05) is 18.8 Å². The Morgan fingerprint density at radius 2 is 2.18 bits per heavy atom. The number of aromatic nitrogens is 1. The van der Waals surface area contributed by atoms with E-state index in [-0.39, 0.29) is 11.8 Å². The van der Waals surface area contributed by atoms with Crippen molar-refractivity contribution in [1.82, 2.24) is 15.2 Å². The Hall–Kier alpha value is -1.89. The van der Waals surface area contributed by atoms with Crippen LogP contribution in [0.1, 0.15) is 31.5 Å². The van der Waals surface area contributed by atoms with Crippen LogP contribution in [0.4, 0.5) is 0 Å². The van der Waals surface area contributed by atoms with Crippen LogP contribution in [-0.4, -0.2) is 39.2 Å². The van der Waals surface area contributed by atoms with E-state index in [1.54, 1.807) is 6.20 Å². The van der Waals surface area contributed by atoms with Gasteiger partial charge in [-0.1, -0.05) is 32.0 Å². The Morgan fingerprint density at radius 1 is 1.32 bits per heavy atom. The predicted octanol–water partition coefficient (Wildman–Crippen LogP) is 2.98. The summed E-state index contributed by atoms with van der Waals surface area (Å²) < 4.78 is 12.4. The summed E-state index contributed by atoms with van der Waals surface area (Å²) in [5, 5.41) is 3.00. The van der Waals surface area contributed by atoms with Crippen LogP contribution in [0.25, 0.3) is 0 Å². The number of hydrogen-bond acceptors (Lipinski definition) is 4. The van der Waals surface area contributed by atoms with Gasteiger partial charge in [0.15, 0.2) is 4.90 Å². The topological polar surface area (TPSA) is 68.3 Å². The second-order valence-corrected chi connectivity index (χ2v) is 9.31. The second kappa shape index (κ2) is 10.0. The first-order valence-electron chi connectivity index (χ1n) is 9.88. The smallest absolute Gasteiger partial charge is 0.224 e. The van der Waals surface area contributed by atoms with Gasteiger partial charge in [0.2, 0.25) is 5.91 Å². The van der Waals surface area contributed by atoms with Crippen molar-refractivity contribution in [2.24, 2.45) is 11.8 Å². The molecule has 0 bridgehead atoms. The van der Waals surface area contributed by atoms with Crippen LogP contribution in [0, 0.1) is 11.8 Å². The number of rotatable bonds is 8. The molecule has 0 aliphatic carbocycles. The summed E-state index contributed by atoms with van der Waals surface area (Å²) in [6, 6.07) is 13.8. The molecule has 3 rings (SSSR count). The molecule has 1 saturated heterocycles. The molecule has 150 valence electrons.